The lowest BCUT2D eigenvalue weighted by Gasteiger charge is -2.27. The summed E-state index contributed by atoms with van der Waals surface area (Å²) in [4.78, 5) is 0. The third-order valence-corrected chi connectivity index (χ3v) is 4.67. The van der Waals surface area contributed by atoms with Gasteiger partial charge in [0.25, 0.3) is 0 Å². The van der Waals surface area contributed by atoms with Crippen molar-refractivity contribution in [2.24, 2.45) is 17.8 Å². The monoisotopic (exact) mass is 271 g/mol. The van der Waals surface area contributed by atoms with Gasteiger partial charge < -0.3 is 10.1 Å². The van der Waals surface area contributed by atoms with Crippen LogP contribution in [-0.2, 0) is 0 Å². The number of rotatable bonds is 6. The number of benzene rings is 1. The highest BCUT2D eigenvalue weighted by Gasteiger charge is 2.38. The molecule has 2 nitrogen and oxygen atoms in total. The number of allylic oxidation sites excluding steroid dienone is 2. The Labute approximate surface area is 122 Å². The summed E-state index contributed by atoms with van der Waals surface area (Å²) in [7, 11) is 0. The summed E-state index contributed by atoms with van der Waals surface area (Å²) in [6.45, 7) is 5.24. The average molecular weight is 271 g/mol. The molecule has 0 aromatic heterocycles. The first-order valence-electron chi connectivity index (χ1n) is 7.94. The molecule has 0 spiro atoms. The number of nitrogens with one attached hydrogen (secondary N) is 1. The molecule has 4 atom stereocenters. The van der Waals surface area contributed by atoms with Crippen LogP contribution in [0.2, 0.25) is 0 Å². The highest BCUT2D eigenvalue weighted by atomic mass is 16.5. The Morgan fingerprint density at radius 2 is 2.20 bits per heavy atom. The van der Waals surface area contributed by atoms with Crippen molar-refractivity contribution in [1.29, 1.82) is 0 Å². The zero-order valence-corrected chi connectivity index (χ0v) is 12.5. The van der Waals surface area contributed by atoms with E-state index in [-0.39, 0.29) is 0 Å². The van der Waals surface area contributed by atoms with Crippen LogP contribution in [0.25, 0.3) is 0 Å². The second-order valence-corrected chi connectivity index (χ2v) is 6.25. The van der Waals surface area contributed by atoms with E-state index < -0.39 is 0 Å². The van der Waals surface area contributed by atoms with E-state index in [1.807, 2.05) is 6.07 Å². The first-order valence-corrected chi connectivity index (χ1v) is 7.94. The zero-order chi connectivity index (χ0) is 13.9. The van der Waals surface area contributed by atoms with Crippen LogP contribution in [-0.4, -0.2) is 12.6 Å². The Morgan fingerprint density at radius 3 is 2.90 bits per heavy atom. The van der Waals surface area contributed by atoms with E-state index in [9.17, 15) is 0 Å². The van der Waals surface area contributed by atoms with Gasteiger partial charge in [-0.05, 0) is 56.1 Å². The van der Waals surface area contributed by atoms with Gasteiger partial charge in [0.15, 0.2) is 0 Å². The fraction of sp³-hybridized carbons (Fsp3) is 0.556. The van der Waals surface area contributed by atoms with Crippen LogP contribution in [0.5, 0.6) is 5.75 Å². The number of hydrogen-bond acceptors (Lipinski definition) is 2. The lowest BCUT2D eigenvalue weighted by Crippen LogP contribution is -2.28. The van der Waals surface area contributed by atoms with Gasteiger partial charge >= 0.3 is 0 Å². The highest BCUT2D eigenvalue weighted by Crippen LogP contribution is 2.45. The molecule has 3 rings (SSSR count). The van der Waals surface area contributed by atoms with Gasteiger partial charge in [0.1, 0.15) is 5.75 Å². The second-order valence-electron chi connectivity index (χ2n) is 6.25. The van der Waals surface area contributed by atoms with Gasteiger partial charge in [-0.2, -0.15) is 0 Å². The standard InChI is InChI=1S/C18H25NO/c1-3-9-20-17-6-4-5-16(12-17)19-13(2)18-11-14-7-8-15(18)10-14/h4-8,12-15,18-19H,3,9-11H2,1-2H3. The minimum Gasteiger partial charge on any atom is -0.494 e. The molecule has 4 unspecified atom stereocenters. The van der Waals surface area contributed by atoms with E-state index in [4.69, 9.17) is 4.74 Å². The number of anilines is 1. The fourth-order valence-electron chi connectivity index (χ4n) is 3.66. The van der Waals surface area contributed by atoms with Crippen molar-refractivity contribution in [2.75, 3.05) is 11.9 Å². The van der Waals surface area contributed by atoms with Gasteiger partial charge in [0.2, 0.25) is 0 Å². The minimum absolute atomic E-state index is 0.524. The van der Waals surface area contributed by atoms with E-state index in [2.05, 4.69) is 49.5 Å². The molecule has 1 aromatic carbocycles. The molecule has 0 aliphatic heterocycles. The van der Waals surface area contributed by atoms with Crippen molar-refractivity contribution < 1.29 is 4.74 Å². The molecule has 2 aliphatic rings. The van der Waals surface area contributed by atoms with Crippen LogP contribution in [0.1, 0.15) is 33.1 Å². The van der Waals surface area contributed by atoms with Crippen molar-refractivity contribution in [3.8, 4) is 5.75 Å². The molecule has 0 amide bonds. The van der Waals surface area contributed by atoms with Crippen molar-refractivity contribution in [2.45, 2.75) is 39.2 Å². The summed E-state index contributed by atoms with van der Waals surface area (Å²) >= 11 is 0. The van der Waals surface area contributed by atoms with Gasteiger partial charge in [0, 0.05) is 17.8 Å². The van der Waals surface area contributed by atoms with E-state index in [1.165, 1.54) is 18.5 Å². The van der Waals surface area contributed by atoms with Crippen LogP contribution in [0, 0.1) is 17.8 Å². The first-order chi connectivity index (χ1) is 9.76. The molecule has 2 aliphatic carbocycles. The maximum Gasteiger partial charge on any atom is 0.121 e. The Kier molecular flexibility index (Phi) is 4.00. The third kappa shape index (κ3) is 2.84. The van der Waals surface area contributed by atoms with Crippen molar-refractivity contribution in [3.05, 3.63) is 36.4 Å². The lowest BCUT2D eigenvalue weighted by atomic mass is 9.87. The maximum atomic E-state index is 5.70. The Bertz CT molecular complexity index is 482. The molecule has 0 radical (unpaired) electrons. The van der Waals surface area contributed by atoms with Gasteiger partial charge in [0.05, 0.1) is 6.61 Å². The molecule has 1 fully saturated rings. The smallest absolute Gasteiger partial charge is 0.121 e. The first kappa shape index (κ1) is 13.5. The largest absolute Gasteiger partial charge is 0.494 e. The van der Waals surface area contributed by atoms with Crippen LogP contribution in [0.4, 0.5) is 5.69 Å². The van der Waals surface area contributed by atoms with Crippen LogP contribution >= 0.6 is 0 Å². The van der Waals surface area contributed by atoms with E-state index in [1.54, 1.807) is 0 Å². The van der Waals surface area contributed by atoms with E-state index in [0.717, 1.165) is 36.5 Å². The molecular weight excluding hydrogens is 246 g/mol. The Hall–Kier alpha value is -1.44. The predicted molar refractivity (Wildman–Crippen MR) is 84.2 cm³/mol. The van der Waals surface area contributed by atoms with Crippen LogP contribution in [0.3, 0.4) is 0 Å². The minimum atomic E-state index is 0.524. The zero-order valence-electron chi connectivity index (χ0n) is 12.5. The van der Waals surface area contributed by atoms with Gasteiger partial charge in [-0.1, -0.05) is 25.1 Å². The molecule has 1 N–H and O–H groups in total. The molecule has 108 valence electrons. The van der Waals surface area contributed by atoms with Crippen LogP contribution < -0.4 is 10.1 Å². The van der Waals surface area contributed by atoms with Gasteiger partial charge in [-0.3, -0.25) is 0 Å². The molecule has 1 saturated carbocycles. The summed E-state index contributed by atoms with van der Waals surface area (Å²) in [5.74, 6) is 3.39. The maximum absolute atomic E-state index is 5.70. The summed E-state index contributed by atoms with van der Waals surface area (Å²) in [5.41, 5.74) is 1.18. The Morgan fingerprint density at radius 1 is 1.30 bits per heavy atom. The topological polar surface area (TPSA) is 21.3 Å². The normalized spacial score (nSPS) is 28.6. The van der Waals surface area contributed by atoms with Crippen molar-refractivity contribution in [3.63, 3.8) is 0 Å². The molecule has 2 heteroatoms. The molecule has 0 saturated heterocycles. The number of fused-ring (bicyclic) bond motifs is 2. The van der Waals surface area contributed by atoms with Crippen LogP contribution in [0.15, 0.2) is 36.4 Å². The van der Waals surface area contributed by atoms with Gasteiger partial charge in [-0.25, -0.2) is 0 Å². The summed E-state index contributed by atoms with van der Waals surface area (Å²) in [6.07, 6.45) is 8.61. The molecule has 2 bridgehead atoms. The quantitative estimate of drug-likeness (QED) is 0.770. The number of hydrogen-bond donors (Lipinski definition) is 1. The fourth-order valence-corrected chi connectivity index (χ4v) is 3.66. The molecular formula is C18H25NO. The van der Waals surface area contributed by atoms with Crippen molar-refractivity contribution in [1.82, 2.24) is 0 Å². The predicted octanol–water partition coefficient (Wildman–Crippen LogP) is 4.49. The highest BCUT2D eigenvalue weighted by molar-refractivity contribution is 5.49. The van der Waals surface area contributed by atoms with E-state index >= 15 is 0 Å². The van der Waals surface area contributed by atoms with Crippen molar-refractivity contribution >= 4 is 5.69 Å². The summed E-state index contributed by atoms with van der Waals surface area (Å²) < 4.78 is 5.70. The number of ether oxygens (including phenoxy) is 1. The lowest BCUT2D eigenvalue weighted by molar-refractivity contribution is 0.317. The molecule has 0 heterocycles. The van der Waals surface area contributed by atoms with E-state index in [0.29, 0.717) is 6.04 Å². The summed E-state index contributed by atoms with van der Waals surface area (Å²) in [6, 6.07) is 8.89. The molecule has 1 aromatic rings. The molecule has 20 heavy (non-hydrogen) atoms. The average Bonchev–Trinajstić information content (AvgIpc) is 3.08. The Balaban J connectivity index is 1.61. The second kappa shape index (κ2) is 5.90. The SMILES string of the molecule is CCCOc1cccc(NC(C)C2CC3C=CC2C3)c1. The summed E-state index contributed by atoms with van der Waals surface area (Å²) in [5, 5.41) is 3.67. The van der Waals surface area contributed by atoms with Gasteiger partial charge in [-0.15, -0.1) is 0 Å². The third-order valence-electron chi connectivity index (χ3n) is 4.67.